The smallest absolute Gasteiger partial charge is 0.284 e. The van der Waals surface area contributed by atoms with Gasteiger partial charge < -0.3 is 10.2 Å². The maximum Gasteiger partial charge on any atom is 0.284 e. The van der Waals surface area contributed by atoms with Crippen molar-refractivity contribution in [3.8, 4) is 0 Å². The minimum atomic E-state index is 0.336. The number of aryl methyl sites for hydroxylation is 2. The van der Waals surface area contributed by atoms with Gasteiger partial charge in [-0.05, 0) is 42.8 Å². The molecule has 16 heavy (non-hydrogen) atoms. The van der Waals surface area contributed by atoms with Gasteiger partial charge in [-0.2, -0.15) is 0 Å². The molecule has 0 saturated heterocycles. The Bertz CT molecular complexity index is 500. The minimum absolute atomic E-state index is 0.336. The van der Waals surface area contributed by atoms with Gasteiger partial charge in [0, 0.05) is 12.1 Å². The third kappa shape index (κ3) is 2.93. The van der Waals surface area contributed by atoms with Gasteiger partial charge in [0.1, 0.15) is 0 Å². The first-order valence-electron chi connectivity index (χ1n) is 5.13. The molecule has 0 atom stereocenters. The molecule has 2 rings (SSSR count). The SMILES string of the molecule is Nc1ccc(CCCc2n[nH]c(=S)o2)cc1. The van der Waals surface area contributed by atoms with E-state index in [1.54, 1.807) is 0 Å². The number of aromatic amines is 1. The van der Waals surface area contributed by atoms with Crippen molar-refractivity contribution in [2.45, 2.75) is 19.3 Å². The first-order chi connectivity index (χ1) is 7.74. The number of hydrogen-bond donors (Lipinski definition) is 2. The molecule has 0 radical (unpaired) electrons. The zero-order chi connectivity index (χ0) is 11.4. The average Bonchev–Trinajstić information content (AvgIpc) is 2.67. The Morgan fingerprint density at radius 2 is 2.00 bits per heavy atom. The lowest BCUT2D eigenvalue weighted by molar-refractivity contribution is 0.474. The van der Waals surface area contributed by atoms with E-state index in [0.29, 0.717) is 10.7 Å². The third-order valence-corrected chi connectivity index (χ3v) is 2.49. The Morgan fingerprint density at radius 3 is 2.62 bits per heavy atom. The van der Waals surface area contributed by atoms with Crippen molar-refractivity contribution in [3.63, 3.8) is 0 Å². The van der Waals surface area contributed by atoms with Crippen LogP contribution in [-0.2, 0) is 12.8 Å². The van der Waals surface area contributed by atoms with Crippen LogP contribution in [0.1, 0.15) is 17.9 Å². The monoisotopic (exact) mass is 235 g/mol. The van der Waals surface area contributed by atoms with Crippen molar-refractivity contribution in [1.82, 2.24) is 10.2 Å². The van der Waals surface area contributed by atoms with E-state index in [2.05, 4.69) is 10.2 Å². The summed E-state index contributed by atoms with van der Waals surface area (Å²) in [5.74, 6) is 0.667. The van der Waals surface area contributed by atoms with Gasteiger partial charge in [-0.25, -0.2) is 5.10 Å². The normalized spacial score (nSPS) is 10.5. The van der Waals surface area contributed by atoms with Gasteiger partial charge in [-0.1, -0.05) is 12.1 Å². The van der Waals surface area contributed by atoms with Crippen LogP contribution in [0.2, 0.25) is 0 Å². The van der Waals surface area contributed by atoms with Crippen LogP contribution in [-0.4, -0.2) is 10.2 Å². The Kier molecular flexibility index (Phi) is 3.36. The van der Waals surface area contributed by atoms with Gasteiger partial charge in [-0.15, -0.1) is 5.10 Å². The van der Waals surface area contributed by atoms with Crippen molar-refractivity contribution in [2.75, 3.05) is 5.73 Å². The molecular formula is C11H13N3OS. The van der Waals surface area contributed by atoms with Crippen molar-refractivity contribution < 1.29 is 4.42 Å². The molecular weight excluding hydrogens is 222 g/mol. The molecule has 4 nitrogen and oxygen atoms in total. The molecule has 0 aliphatic rings. The zero-order valence-electron chi connectivity index (χ0n) is 8.77. The largest absolute Gasteiger partial charge is 0.414 e. The van der Waals surface area contributed by atoms with Gasteiger partial charge in [0.15, 0.2) is 0 Å². The van der Waals surface area contributed by atoms with E-state index >= 15 is 0 Å². The first-order valence-corrected chi connectivity index (χ1v) is 5.53. The number of nitrogen functional groups attached to an aromatic ring is 1. The van der Waals surface area contributed by atoms with Crippen LogP contribution in [0.5, 0.6) is 0 Å². The van der Waals surface area contributed by atoms with Crippen LogP contribution in [0.25, 0.3) is 0 Å². The summed E-state index contributed by atoms with van der Waals surface area (Å²) >= 11 is 4.79. The van der Waals surface area contributed by atoms with Crippen molar-refractivity contribution in [3.05, 3.63) is 40.6 Å². The second-order valence-electron chi connectivity index (χ2n) is 3.60. The standard InChI is InChI=1S/C11H13N3OS/c12-9-6-4-8(5-7-9)2-1-3-10-13-14-11(16)15-10/h4-7H,1-3,12H2,(H,14,16). The second kappa shape index (κ2) is 4.94. The maximum absolute atomic E-state index is 5.61. The van der Waals surface area contributed by atoms with Crippen LogP contribution in [0.15, 0.2) is 28.7 Å². The third-order valence-electron chi connectivity index (χ3n) is 2.32. The van der Waals surface area contributed by atoms with Crippen LogP contribution >= 0.6 is 12.2 Å². The average molecular weight is 235 g/mol. The van der Waals surface area contributed by atoms with Crippen molar-refractivity contribution in [2.24, 2.45) is 0 Å². The van der Waals surface area contributed by atoms with Crippen LogP contribution in [0.3, 0.4) is 0 Å². The number of rotatable bonds is 4. The predicted molar refractivity (Wildman–Crippen MR) is 64.6 cm³/mol. The van der Waals surface area contributed by atoms with E-state index in [-0.39, 0.29) is 0 Å². The first kappa shape index (κ1) is 10.9. The van der Waals surface area contributed by atoms with Gasteiger partial charge in [0.05, 0.1) is 0 Å². The predicted octanol–water partition coefficient (Wildman–Crippen LogP) is 2.49. The molecule has 0 aliphatic heterocycles. The molecule has 1 heterocycles. The molecule has 0 aliphatic carbocycles. The number of nitrogens with zero attached hydrogens (tertiary/aromatic N) is 1. The highest BCUT2D eigenvalue weighted by atomic mass is 32.1. The number of nitrogens with two attached hydrogens (primary N) is 1. The van der Waals surface area contributed by atoms with Gasteiger partial charge in [-0.3, -0.25) is 0 Å². The number of aromatic nitrogens is 2. The van der Waals surface area contributed by atoms with Crippen LogP contribution in [0.4, 0.5) is 5.69 Å². The highest BCUT2D eigenvalue weighted by Gasteiger charge is 2.00. The summed E-state index contributed by atoms with van der Waals surface area (Å²) in [6, 6.07) is 7.90. The maximum atomic E-state index is 5.61. The fourth-order valence-corrected chi connectivity index (χ4v) is 1.64. The molecule has 1 aromatic carbocycles. The van der Waals surface area contributed by atoms with Crippen molar-refractivity contribution in [1.29, 1.82) is 0 Å². The molecule has 0 spiro atoms. The van der Waals surface area contributed by atoms with Crippen LogP contribution in [0, 0.1) is 4.84 Å². The number of benzene rings is 1. The molecule has 0 bridgehead atoms. The number of nitrogens with one attached hydrogen (secondary N) is 1. The second-order valence-corrected chi connectivity index (χ2v) is 3.97. The van der Waals surface area contributed by atoms with Crippen LogP contribution < -0.4 is 5.73 Å². The molecule has 1 aromatic heterocycles. The highest BCUT2D eigenvalue weighted by Crippen LogP contribution is 2.09. The summed E-state index contributed by atoms with van der Waals surface area (Å²) in [5.41, 5.74) is 7.67. The Labute approximate surface area is 98.5 Å². The summed E-state index contributed by atoms with van der Waals surface area (Å²) in [4.78, 5) is 0.336. The quantitative estimate of drug-likeness (QED) is 0.631. The van der Waals surface area contributed by atoms with E-state index in [1.165, 1.54) is 5.56 Å². The lowest BCUT2D eigenvalue weighted by Gasteiger charge is -2.00. The van der Waals surface area contributed by atoms with Gasteiger partial charge in [0.2, 0.25) is 5.89 Å². The summed E-state index contributed by atoms with van der Waals surface area (Å²) < 4.78 is 5.17. The highest BCUT2D eigenvalue weighted by molar-refractivity contribution is 7.71. The van der Waals surface area contributed by atoms with Crippen molar-refractivity contribution >= 4 is 17.9 Å². The van der Waals surface area contributed by atoms with E-state index in [0.717, 1.165) is 24.9 Å². The van der Waals surface area contributed by atoms with E-state index in [1.807, 2.05) is 24.3 Å². The molecule has 0 saturated carbocycles. The molecule has 5 heteroatoms. The Balaban J connectivity index is 1.84. The van der Waals surface area contributed by atoms with Gasteiger partial charge >= 0.3 is 0 Å². The molecule has 0 unspecified atom stereocenters. The molecule has 2 aromatic rings. The fraction of sp³-hybridized carbons (Fsp3) is 0.273. The summed E-state index contributed by atoms with van der Waals surface area (Å²) in [5, 5.41) is 6.55. The molecule has 0 fully saturated rings. The van der Waals surface area contributed by atoms with E-state index in [4.69, 9.17) is 22.4 Å². The van der Waals surface area contributed by atoms with E-state index in [9.17, 15) is 0 Å². The summed E-state index contributed by atoms with van der Waals surface area (Å²) in [6.07, 6.45) is 2.75. The van der Waals surface area contributed by atoms with E-state index < -0.39 is 0 Å². The molecule has 84 valence electrons. The summed E-state index contributed by atoms with van der Waals surface area (Å²) in [6.45, 7) is 0. The molecule has 3 N–H and O–H groups in total. The number of H-pyrrole nitrogens is 1. The molecule has 0 amide bonds. The lowest BCUT2D eigenvalue weighted by Crippen LogP contribution is -1.91. The topological polar surface area (TPSA) is 67.8 Å². The fourth-order valence-electron chi connectivity index (χ4n) is 1.50. The number of anilines is 1. The zero-order valence-corrected chi connectivity index (χ0v) is 9.59. The van der Waals surface area contributed by atoms with Gasteiger partial charge in [0.25, 0.3) is 4.84 Å². The Hall–Kier alpha value is -1.62. The lowest BCUT2D eigenvalue weighted by atomic mass is 10.1. The summed E-state index contributed by atoms with van der Waals surface area (Å²) in [7, 11) is 0. The number of hydrogen-bond acceptors (Lipinski definition) is 4. The minimum Gasteiger partial charge on any atom is -0.414 e. The Morgan fingerprint density at radius 1 is 1.25 bits per heavy atom.